The van der Waals surface area contributed by atoms with Gasteiger partial charge in [-0.15, -0.1) is 0 Å². The molecule has 0 aliphatic carbocycles. The topological polar surface area (TPSA) is 0 Å². The van der Waals surface area contributed by atoms with Crippen LogP contribution in [0.2, 0.25) is 0 Å². The third-order valence-electron chi connectivity index (χ3n) is 0. The monoisotopic (exact) mass is 553 g/mol. The molecule has 0 aliphatic rings. The summed E-state index contributed by atoms with van der Waals surface area (Å²) in [5, 5.41) is 0. The average Bonchev–Trinajstić information content (AvgIpc) is 0. The van der Waals surface area contributed by atoms with Crippen molar-refractivity contribution in [3.8, 4) is 0 Å². The van der Waals surface area contributed by atoms with E-state index in [9.17, 15) is 0 Å². The standard InChI is InChI=1S/Cd.Cr.Cu.Hg.Ni.Zn. The van der Waals surface area contributed by atoms with E-state index in [1.165, 1.54) is 0 Å². The van der Waals surface area contributed by atoms with Gasteiger partial charge in [-0.1, -0.05) is 0 Å². The minimum atomic E-state index is 0. The van der Waals surface area contributed by atoms with E-state index in [4.69, 9.17) is 0 Å². The van der Waals surface area contributed by atoms with Crippen LogP contribution < -0.4 is 0 Å². The van der Waals surface area contributed by atoms with E-state index >= 15 is 0 Å². The van der Waals surface area contributed by atoms with E-state index in [2.05, 4.69) is 0 Å². The summed E-state index contributed by atoms with van der Waals surface area (Å²) < 4.78 is 0. The first-order chi connectivity index (χ1) is 0. The van der Waals surface area contributed by atoms with Crippen LogP contribution >= 0.6 is 0 Å². The second-order valence-electron chi connectivity index (χ2n) is 0. The maximum absolute atomic E-state index is 0. The van der Waals surface area contributed by atoms with Crippen molar-refractivity contribution in [3.63, 3.8) is 0 Å². The van der Waals surface area contributed by atoms with Crippen LogP contribution in [0.1, 0.15) is 0 Å². The van der Waals surface area contributed by atoms with Gasteiger partial charge in [0.2, 0.25) is 0 Å². The van der Waals surface area contributed by atoms with Gasteiger partial charge in [0.25, 0.3) is 0 Å². The van der Waals surface area contributed by atoms with Gasteiger partial charge in [0, 0.05) is 125 Å². The molecule has 0 amide bonds. The van der Waals surface area contributed by atoms with Crippen LogP contribution in [0.5, 0.6) is 0 Å². The van der Waals surface area contributed by atoms with Crippen LogP contribution in [-0.4, -0.2) is 0 Å². The Morgan fingerprint density at radius 1 is 1.00 bits per heavy atom. The zero-order valence-electron chi connectivity index (χ0n) is 3.15. The molecule has 0 saturated carbocycles. The molecule has 0 spiro atoms. The van der Waals surface area contributed by atoms with E-state index in [1.54, 1.807) is 0 Å². The quantitative estimate of drug-likeness (QED) is 0.371. The van der Waals surface area contributed by atoms with Crippen molar-refractivity contribution in [2.24, 2.45) is 0 Å². The maximum Gasteiger partial charge on any atom is 0 e. The SMILES string of the molecule is [Cd].[Cr].[Cu].[Hg].[Ni].[Zn]. The second-order valence-corrected chi connectivity index (χ2v) is 0. The van der Waals surface area contributed by atoms with Gasteiger partial charge in [-0.2, -0.15) is 0 Å². The van der Waals surface area contributed by atoms with E-state index < -0.39 is 0 Å². The molecule has 0 aromatic rings. The minimum absolute atomic E-state index is 0. The van der Waals surface area contributed by atoms with Gasteiger partial charge in [-0.05, 0) is 0 Å². The average molecular weight is 553 g/mol. The molecular weight excluding hydrogens is 553 g/mol. The molecule has 0 heterocycles. The molecule has 0 aromatic carbocycles. The molecule has 0 N–H and O–H groups in total. The summed E-state index contributed by atoms with van der Waals surface area (Å²) in [7, 11) is 0. The Balaban J connectivity index is 0. The predicted molar refractivity (Wildman–Crippen MR) is 0 cm³/mol. The summed E-state index contributed by atoms with van der Waals surface area (Å²) in [5.41, 5.74) is 0. The smallest absolute Gasteiger partial charge is 0 e. The largest absolute Gasteiger partial charge is 0 e. The molecule has 0 atom stereocenters. The van der Waals surface area contributed by atoms with Crippen LogP contribution in [0, 0.1) is 0 Å². The fraction of sp³-hybridized carbons (Fsp3) is 0. The number of rotatable bonds is 0. The van der Waals surface area contributed by atoms with Crippen molar-refractivity contribution in [1.82, 2.24) is 0 Å². The summed E-state index contributed by atoms with van der Waals surface area (Å²) in [6, 6.07) is 0. The third kappa shape index (κ3) is 24.4. The summed E-state index contributed by atoms with van der Waals surface area (Å²) in [6.45, 7) is 0. The zero-order chi connectivity index (χ0) is 0. The van der Waals surface area contributed by atoms with Crippen molar-refractivity contribution in [3.05, 3.63) is 0 Å². The molecule has 6 heteroatoms. The molecule has 33 valence electrons. The Morgan fingerprint density at radius 2 is 1.00 bits per heavy atom. The molecule has 0 aliphatic heterocycles. The predicted octanol–water partition coefficient (Wildman–Crippen LogP) is -0.0150. The molecule has 0 rings (SSSR count). The first kappa shape index (κ1) is 50.4. The Labute approximate surface area is 123 Å². The summed E-state index contributed by atoms with van der Waals surface area (Å²) >= 11 is 0. The Hall–Kier alpha value is 4.03. The number of hydrogen-bond donors (Lipinski definition) is 0. The van der Waals surface area contributed by atoms with Gasteiger partial charge in [0.15, 0.2) is 0 Å². The zero-order valence-corrected chi connectivity index (χ0v) is 18.9. The van der Waals surface area contributed by atoms with Gasteiger partial charge < -0.3 is 0 Å². The summed E-state index contributed by atoms with van der Waals surface area (Å²) in [4.78, 5) is 0. The van der Waals surface area contributed by atoms with Crippen molar-refractivity contribution in [2.75, 3.05) is 0 Å². The third-order valence-corrected chi connectivity index (χ3v) is 0. The first-order valence-electron chi connectivity index (χ1n) is 0. The fourth-order valence-corrected chi connectivity index (χ4v) is 0. The number of hydrogen-bond acceptors (Lipinski definition) is 0. The van der Waals surface area contributed by atoms with Gasteiger partial charge in [-0.3, -0.25) is 0 Å². The van der Waals surface area contributed by atoms with E-state index in [1.807, 2.05) is 0 Å². The summed E-state index contributed by atoms with van der Waals surface area (Å²) in [5.74, 6) is 0. The Kier molecular flexibility index (Phi) is 301. The normalized spacial score (nSPS) is 0. The Bertz CT molecular complexity index is 15.5. The molecular formula is CdCrCuHgNiZn. The van der Waals surface area contributed by atoms with Crippen LogP contribution in [0.15, 0.2) is 0 Å². The minimum Gasteiger partial charge on any atom is 0 e. The maximum atomic E-state index is 0. The molecule has 0 unspecified atom stereocenters. The second kappa shape index (κ2) is 35.9. The molecule has 0 nitrogen and oxygen atoms in total. The molecule has 0 bridgehead atoms. The van der Waals surface area contributed by atoms with Gasteiger partial charge in [0.1, 0.15) is 0 Å². The van der Waals surface area contributed by atoms with Crippen molar-refractivity contribution in [1.29, 1.82) is 0 Å². The van der Waals surface area contributed by atoms with Gasteiger partial charge >= 0.3 is 0 Å². The molecule has 0 saturated heterocycles. The van der Waals surface area contributed by atoms with Crippen molar-refractivity contribution >= 4 is 0 Å². The molecule has 0 fully saturated rings. The summed E-state index contributed by atoms with van der Waals surface area (Å²) in [6.07, 6.45) is 0. The van der Waals surface area contributed by atoms with E-state index in [-0.39, 0.29) is 125 Å². The van der Waals surface area contributed by atoms with Crippen LogP contribution in [0.3, 0.4) is 0 Å². The van der Waals surface area contributed by atoms with Crippen molar-refractivity contribution in [2.45, 2.75) is 0 Å². The van der Waals surface area contributed by atoms with Crippen molar-refractivity contribution < 1.29 is 125 Å². The van der Waals surface area contributed by atoms with Crippen LogP contribution in [0.25, 0.3) is 0 Å². The molecule has 6 heavy (non-hydrogen) atoms. The van der Waals surface area contributed by atoms with E-state index in [0.29, 0.717) is 0 Å². The first-order valence-corrected chi connectivity index (χ1v) is 0. The fourth-order valence-electron chi connectivity index (χ4n) is 0. The molecule has 1 radical (unpaired) electrons. The molecule has 0 aromatic heterocycles. The van der Waals surface area contributed by atoms with E-state index in [0.717, 1.165) is 0 Å². The van der Waals surface area contributed by atoms with Crippen LogP contribution in [-0.2, 0) is 125 Å². The van der Waals surface area contributed by atoms with Gasteiger partial charge in [0.05, 0.1) is 0 Å². The van der Waals surface area contributed by atoms with Gasteiger partial charge in [-0.25, -0.2) is 0 Å². The Morgan fingerprint density at radius 3 is 1.00 bits per heavy atom. The van der Waals surface area contributed by atoms with Crippen LogP contribution in [0.4, 0.5) is 0 Å².